The standard InChI is InChI=1S/C23H27N5O2/c1-26-9-11-27(12-10-26)16-22(29)28-8-7-18-19(14-24)23(30)25-21(20(18)15-28)13-17-5-3-2-4-6-17/h2-6H,7-13,15-16H2,1H3,(H,25,30). The van der Waals surface area contributed by atoms with Gasteiger partial charge in [-0.3, -0.25) is 14.5 Å². The molecule has 2 aromatic rings. The van der Waals surface area contributed by atoms with Crippen molar-refractivity contribution in [3.05, 3.63) is 68.6 Å². The normalized spacial score (nSPS) is 17.4. The lowest BCUT2D eigenvalue weighted by Crippen LogP contribution is -2.49. The van der Waals surface area contributed by atoms with E-state index in [0.717, 1.165) is 48.6 Å². The van der Waals surface area contributed by atoms with E-state index in [1.807, 2.05) is 35.2 Å². The number of likely N-dealkylation sites (N-methyl/N-ethyl adjacent to an activating group) is 1. The molecule has 1 saturated heterocycles. The number of rotatable bonds is 4. The molecule has 0 aliphatic carbocycles. The molecule has 1 aromatic carbocycles. The second kappa shape index (κ2) is 8.82. The second-order valence-electron chi connectivity index (χ2n) is 8.18. The average Bonchev–Trinajstić information content (AvgIpc) is 2.76. The first kappa shape index (κ1) is 20.3. The number of piperazine rings is 1. The van der Waals surface area contributed by atoms with Gasteiger partial charge in [0.15, 0.2) is 0 Å². The Morgan fingerprint density at radius 3 is 2.53 bits per heavy atom. The molecule has 1 fully saturated rings. The van der Waals surface area contributed by atoms with Crippen molar-refractivity contribution in [2.75, 3.05) is 46.3 Å². The molecule has 0 unspecified atom stereocenters. The summed E-state index contributed by atoms with van der Waals surface area (Å²) in [4.78, 5) is 34.7. The number of nitriles is 1. The van der Waals surface area contributed by atoms with E-state index in [1.165, 1.54) is 0 Å². The van der Waals surface area contributed by atoms with Crippen molar-refractivity contribution in [1.82, 2.24) is 19.7 Å². The van der Waals surface area contributed by atoms with E-state index < -0.39 is 0 Å². The topological polar surface area (TPSA) is 83.4 Å². The van der Waals surface area contributed by atoms with Crippen molar-refractivity contribution in [2.24, 2.45) is 0 Å². The van der Waals surface area contributed by atoms with Crippen LogP contribution in [-0.2, 0) is 24.2 Å². The molecular weight excluding hydrogens is 378 g/mol. The van der Waals surface area contributed by atoms with Gasteiger partial charge in [-0.2, -0.15) is 5.26 Å². The van der Waals surface area contributed by atoms with Gasteiger partial charge in [0.25, 0.3) is 5.56 Å². The van der Waals surface area contributed by atoms with Crippen molar-refractivity contribution in [1.29, 1.82) is 5.26 Å². The molecule has 0 saturated carbocycles. The molecule has 0 spiro atoms. The van der Waals surface area contributed by atoms with Gasteiger partial charge in [0.2, 0.25) is 5.91 Å². The molecule has 1 N–H and O–H groups in total. The minimum Gasteiger partial charge on any atom is -0.337 e. The van der Waals surface area contributed by atoms with Crippen LogP contribution in [-0.4, -0.2) is 71.9 Å². The predicted molar refractivity (Wildman–Crippen MR) is 114 cm³/mol. The Bertz CT molecular complexity index is 1020. The molecule has 1 amide bonds. The summed E-state index contributed by atoms with van der Waals surface area (Å²) in [5, 5.41) is 9.51. The number of carbonyl (C=O) groups excluding carboxylic acids is 1. The average molecular weight is 406 g/mol. The summed E-state index contributed by atoms with van der Waals surface area (Å²) in [7, 11) is 2.10. The first-order chi connectivity index (χ1) is 14.5. The summed E-state index contributed by atoms with van der Waals surface area (Å²) in [5.74, 6) is 0.112. The fourth-order valence-corrected chi connectivity index (χ4v) is 4.31. The Morgan fingerprint density at radius 1 is 1.10 bits per heavy atom. The maximum atomic E-state index is 13.0. The minimum atomic E-state index is -0.334. The number of H-pyrrole nitrogens is 1. The van der Waals surface area contributed by atoms with Crippen LogP contribution in [0, 0.1) is 11.3 Å². The number of amides is 1. The lowest BCUT2D eigenvalue weighted by molar-refractivity contribution is -0.133. The van der Waals surface area contributed by atoms with Crippen LogP contribution in [0.15, 0.2) is 35.1 Å². The van der Waals surface area contributed by atoms with Crippen LogP contribution in [0.1, 0.15) is 27.9 Å². The molecular formula is C23H27N5O2. The molecule has 2 aliphatic rings. The van der Waals surface area contributed by atoms with Crippen molar-refractivity contribution in [2.45, 2.75) is 19.4 Å². The Balaban J connectivity index is 1.57. The van der Waals surface area contributed by atoms with Gasteiger partial charge < -0.3 is 14.8 Å². The third-order valence-corrected chi connectivity index (χ3v) is 6.15. The summed E-state index contributed by atoms with van der Waals surface area (Å²) in [6.07, 6.45) is 1.11. The predicted octanol–water partition coefficient (Wildman–Crippen LogP) is 0.969. The number of hydrogen-bond acceptors (Lipinski definition) is 5. The Hall–Kier alpha value is -2.95. The highest BCUT2D eigenvalue weighted by Crippen LogP contribution is 2.24. The SMILES string of the molecule is CN1CCN(CC(=O)N2CCc3c(c(Cc4ccccc4)[nH]c(=O)c3C#N)C2)CC1. The maximum absolute atomic E-state index is 13.0. The Kier molecular flexibility index (Phi) is 5.98. The van der Waals surface area contributed by atoms with Gasteiger partial charge in [0.05, 0.1) is 6.54 Å². The molecule has 156 valence electrons. The number of nitrogens with one attached hydrogen (secondary N) is 1. The molecule has 2 aliphatic heterocycles. The fourth-order valence-electron chi connectivity index (χ4n) is 4.31. The van der Waals surface area contributed by atoms with E-state index in [2.05, 4.69) is 27.9 Å². The van der Waals surface area contributed by atoms with E-state index in [4.69, 9.17) is 0 Å². The van der Waals surface area contributed by atoms with Crippen molar-refractivity contribution < 1.29 is 4.79 Å². The highest BCUT2D eigenvalue weighted by Gasteiger charge is 2.28. The molecule has 30 heavy (non-hydrogen) atoms. The zero-order valence-electron chi connectivity index (χ0n) is 17.4. The van der Waals surface area contributed by atoms with Crippen LogP contribution in [0.5, 0.6) is 0 Å². The summed E-state index contributed by atoms with van der Waals surface area (Å²) in [6, 6.07) is 12.0. The van der Waals surface area contributed by atoms with Gasteiger partial charge in [0.1, 0.15) is 11.6 Å². The van der Waals surface area contributed by atoms with Gasteiger partial charge in [-0.1, -0.05) is 30.3 Å². The Labute approximate surface area is 176 Å². The zero-order chi connectivity index (χ0) is 21.1. The fraction of sp³-hybridized carbons (Fsp3) is 0.435. The number of nitrogens with zero attached hydrogens (tertiary/aromatic N) is 4. The summed E-state index contributed by atoms with van der Waals surface area (Å²) in [5.41, 5.74) is 3.47. The van der Waals surface area contributed by atoms with E-state index >= 15 is 0 Å². The number of pyridine rings is 1. The first-order valence-corrected chi connectivity index (χ1v) is 10.4. The van der Waals surface area contributed by atoms with E-state index in [-0.39, 0.29) is 17.0 Å². The van der Waals surface area contributed by atoms with Crippen molar-refractivity contribution >= 4 is 5.91 Å². The smallest absolute Gasteiger partial charge is 0.266 e. The Morgan fingerprint density at radius 2 is 1.83 bits per heavy atom. The number of fused-ring (bicyclic) bond motifs is 1. The van der Waals surface area contributed by atoms with Crippen LogP contribution in [0.25, 0.3) is 0 Å². The number of carbonyl (C=O) groups is 1. The minimum absolute atomic E-state index is 0.112. The summed E-state index contributed by atoms with van der Waals surface area (Å²) in [6.45, 7) is 5.16. The quantitative estimate of drug-likeness (QED) is 0.820. The van der Waals surface area contributed by atoms with Gasteiger partial charge in [-0.25, -0.2) is 0 Å². The number of aromatic nitrogens is 1. The lowest BCUT2D eigenvalue weighted by atomic mass is 9.92. The monoisotopic (exact) mass is 405 g/mol. The van der Waals surface area contributed by atoms with Crippen molar-refractivity contribution in [3.63, 3.8) is 0 Å². The third-order valence-electron chi connectivity index (χ3n) is 6.15. The van der Waals surface area contributed by atoms with Gasteiger partial charge in [-0.15, -0.1) is 0 Å². The second-order valence-corrected chi connectivity index (χ2v) is 8.18. The van der Waals surface area contributed by atoms with Crippen LogP contribution in [0.3, 0.4) is 0 Å². The number of hydrogen-bond donors (Lipinski definition) is 1. The van der Waals surface area contributed by atoms with E-state index in [1.54, 1.807) is 0 Å². The van der Waals surface area contributed by atoms with Gasteiger partial charge >= 0.3 is 0 Å². The number of aromatic amines is 1. The first-order valence-electron chi connectivity index (χ1n) is 10.4. The van der Waals surface area contributed by atoms with Gasteiger partial charge in [0, 0.05) is 51.4 Å². The van der Waals surface area contributed by atoms with Crippen LogP contribution < -0.4 is 5.56 Å². The van der Waals surface area contributed by atoms with E-state index in [0.29, 0.717) is 32.5 Å². The molecule has 4 rings (SSSR count). The highest BCUT2D eigenvalue weighted by molar-refractivity contribution is 5.78. The summed E-state index contributed by atoms with van der Waals surface area (Å²) < 4.78 is 0. The third kappa shape index (κ3) is 4.30. The zero-order valence-corrected chi connectivity index (χ0v) is 17.4. The van der Waals surface area contributed by atoms with Gasteiger partial charge in [-0.05, 0) is 30.2 Å². The lowest BCUT2D eigenvalue weighted by Gasteiger charge is -2.35. The molecule has 0 radical (unpaired) electrons. The molecule has 7 nitrogen and oxygen atoms in total. The van der Waals surface area contributed by atoms with E-state index in [9.17, 15) is 14.9 Å². The van der Waals surface area contributed by atoms with Crippen LogP contribution in [0.2, 0.25) is 0 Å². The van der Waals surface area contributed by atoms with Crippen molar-refractivity contribution in [3.8, 4) is 6.07 Å². The molecule has 0 atom stereocenters. The molecule has 1 aromatic heterocycles. The molecule has 0 bridgehead atoms. The molecule has 3 heterocycles. The van der Waals surface area contributed by atoms with Crippen LogP contribution in [0.4, 0.5) is 0 Å². The van der Waals surface area contributed by atoms with Crippen LogP contribution >= 0.6 is 0 Å². The molecule has 7 heteroatoms. The highest BCUT2D eigenvalue weighted by atomic mass is 16.2. The maximum Gasteiger partial charge on any atom is 0.266 e. The number of benzene rings is 1. The largest absolute Gasteiger partial charge is 0.337 e. The summed E-state index contributed by atoms with van der Waals surface area (Å²) >= 11 is 0.